The van der Waals surface area contributed by atoms with E-state index in [1.165, 1.54) is 50.7 Å². The summed E-state index contributed by atoms with van der Waals surface area (Å²) in [7, 11) is 0. The molecule has 0 saturated carbocycles. The smallest absolute Gasteiger partial charge is 0.305 e. The van der Waals surface area contributed by atoms with Crippen LogP contribution in [-0.4, -0.2) is 43.2 Å². The first-order valence-electron chi connectivity index (χ1n) is 17.0. The van der Waals surface area contributed by atoms with E-state index in [-0.39, 0.29) is 30.8 Å². The SMILES string of the molecule is O=C1CCCCCCCC/C=C\CCCCCCCCC(=O)OCCN(c2ccc(N=Nc3ccc([N+](=O)[O-])cc3)cc2)CCO1. The van der Waals surface area contributed by atoms with Gasteiger partial charge in [0.15, 0.2) is 0 Å². The van der Waals surface area contributed by atoms with E-state index in [1.54, 1.807) is 12.1 Å². The second kappa shape index (κ2) is 22.4. The number of esters is 2. The Kier molecular flexibility index (Phi) is 17.7. The van der Waals surface area contributed by atoms with E-state index < -0.39 is 4.92 Å². The van der Waals surface area contributed by atoms with Gasteiger partial charge >= 0.3 is 11.9 Å². The van der Waals surface area contributed by atoms with Crippen molar-refractivity contribution < 1.29 is 24.0 Å². The van der Waals surface area contributed by atoms with Gasteiger partial charge in [0.1, 0.15) is 13.2 Å². The molecule has 1 heterocycles. The highest BCUT2D eigenvalue weighted by Crippen LogP contribution is 2.24. The van der Waals surface area contributed by atoms with Crippen LogP contribution in [0.25, 0.3) is 0 Å². The third-order valence-electron chi connectivity index (χ3n) is 7.97. The predicted octanol–water partition coefficient (Wildman–Crippen LogP) is 9.71. The molecule has 10 heteroatoms. The molecule has 0 saturated heterocycles. The summed E-state index contributed by atoms with van der Waals surface area (Å²) in [6.07, 6.45) is 21.2. The molecule has 0 N–H and O–H groups in total. The van der Waals surface area contributed by atoms with Crippen molar-refractivity contribution in [3.8, 4) is 0 Å². The van der Waals surface area contributed by atoms with Crippen LogP contribution in [0.15, 0.2) is 70.9 Å². The topological polar surface area (TPSA) is 124 Å². The number of nitro benzene ring substituents is 1. The van der Waals surface area contributed by atoms with Crippen LogP contribution in [0, 0.1) is 10.1 Å². The summed E-state index contributed by atoms with van der Waals surface area (Å²) >= 11 is 0. The number of carbonyl (C=O) groups is 2. The molecule has 0 atom stereocenters. The van der Waals surface area contributed by atoms with Crippen molar-refractivity contribution in [3.63, 3.8) is 0 Å². The third kappa shape index (κ3) is 15.8. The Hall–Kier alpha value is -4.08. The molecular formula is C36H50N4O6. The van der Waals surface area contributed by atoms with Crippen LogP contribution in [0.2, 0.25) is 0 Å². The van der Waals surface area contributed by atoms with Crippen LogP contribution in [0.5, 0.6) is 0 Å². The molecule has 2 aromatic rings. The van der Waals surface area contributed by atoms with Crippen LogP contribution in [0.4, 0.5) is 22.7 Å². The zero-order valence-corrected chi connectivity index (χ0v) is 27.2. The molecule has 0 bridgehead atoms. The standard InChI is InChI=1S/C36H50N4O6/c41-35-17-15-13-11-9-7-5-3-1-2-4-6-8-10-12-14-16-18-36(42)46-30-28-39(27-29-45-35)33-23-19-31(20-24-33)37-38-32-21-25-34(26-22-32)40(43)44/h1-2,19-26H,3-18,27-30H2/b2-1-,38-37?. The van der Waals surface area contributed by atoms with Crippen molar-refractivity contribution in [2.75, 3.05) is 31.2 Å². The van der Waals surface area contributed by atoms with E-state index in [0.29, 0.717) is 37.3 Å². The molecule has 0 unspecified atom stereocenters. The minimum atomic E-state index is -0.458. The summed E-state index contributed by atoms with van der Waals surface area (Å²) in [5.41, 5.74) is 1.99. The first-order chi connectivity index (χ1) is 22.5. The van der Waals surface area contributed by atoms with Crippen molar-refractivity contribution in [2.24, 2.45) is 10.2 Å². The van der Waals surface area contributed by atoms with Gasteiger partial charge in [0.25, 0.3) is 5.69 Å². The number of nitro groups is 1. The first-order valence-corrected chi connectivity index (χ1v) is 17.0. The highest BCUT2D eigenvalue weighted by Gasteiger charge is 2.11. The molecule has 0 amide bonds. The second-order valence-corrected chi connectivity index (χ2v) is 11.7. The van der Waals surface area contributed by atoms with E-state index in [2.05, 4.69) is 22.4 Å². The predicted molar refractivity (Wildman–Crippen MR) is 181 cm³/mol. The van der Waals surface area contributed by atoms with Crippen LogP contribution in [-0.2, 0) is 19.1 Å². The number of hydrogen-bond acceptors (Lipinski definition) is 9. The molecule has 46 heavy (non-hydrogen) atoms. The molecule has 1 aliphatic heterocycles. The number of rotatable bonds is 4. The number of benzene rings is 2. The Morgan fingerprint density at radius 2 is 1.00 bits per heavy atom. The minimum absolute atomic E-state index is 0.00429. The lowest BCUT2D eigenvalue weighted by atomic mass is 10.1. The van der Waals surface area contributed by atoms with Crippen LogP contribution >= 0.6 is 0 Å². The molecule has 0 aromatic heterocycles. The Balaban J connectivity index is 1.54. The van der Waals surface area contributed by atoms with Gasteiger partial charge in [0.2, 0.25) is 0 Å². The summed E-state index contributed by atoms with van der Waals surface area (Å²) < 4.78 is 11.1. The van der Waals surface area contributed by atoms with E-state index in [9.17, 15) is 19.7 Å². The van der Waals surface area contributed by atoms with Crippen molar-refractivity contribution in [3.05, 3.63) is 70.8 Å². The highest BCUT2D eigenvalue weighted by atomic mass is 16.6. The maximum absolute atomic E-state index is 12.4. The van der Waals surface area contributed by atoms with Crippen molar-refractivity contribution in [1.29, 1.82) is 0 Å². The van der Waals surface area contributed by atoms with Crippen molar-refractivity contribution in [1.82, 2.24) is 0 Å². The fourth-order valence-electron chi connectivity index (χ4n) is 5.25. The Morgan fingerprint density at radius 3 is 1.46 bits per heavy atom. The Labute approximate surface area is 273 Å². The molecule has 1 aliphatic rings. The average molecular weight is 635 g/mol. The van der Waals surface area contributed by atoms with Gasteiger partial charge < -0.3 is 14.4 Å². The fourth-order valence-corrected chi connectivity index (χ4v) is 5.25. The maximum atomic E-state index is 12.4. The number of carbonyl (C=O) groups excluding carboxylic acids is 2. The Bertz CT molecular complexity index is 1190. The number of cyclic esters (lactones) is 2. The summed E-state index contributed by atoms with van der Waals surface area (Å²) in [4.78, 5) is 37.2. The lowest BCUT2D eigenvalue weighted by Gasteiger charge is -2.24. The van der Waals surface area contributed by atoms with Gasteiger partial charge in [-0.25, -0.2) is 0 Å². The fraction of sp³-hybridized carbons (Fsp3) is 0.556. The lowest BCUT2D eigenvalue weighted by Crippen LogP contribution is -2.32. The number of non-ortho nitro benzene ring substituents is 1. The van der Waals surface area contributed by atoms with Gasteiger partial charge in [-0.15, -0.1) is 0 Å². The molecule has 250 valence electrons. The summed E-state index contributed by atoms with van der Waals surface area (Å²) in [5, 5.41) is 19.2. The van der Waals surface area contributed by atoms with Gasteiger partial charge in [0.05, 0.1) is 29.4 Å². The first kappa shape index (κ1) is 36.4. The molecule has 2 aromatic carbocycles. The minimum Gasteiger partial charge on any atom is -0.464 e. The van der Waals surface area contributed by atoms with E-state index in [1.807, 2.05) is 29.2 Å². The third-order valence-corrected chi connectivity index (χ3v) is 7.97. The van der Waals surface area contributed by atoms with Gasteiger partial charge in [0, 0.05) is 30.7 Å². The van der Waals surface area contributed by atoms with Crippen molar-refractivity contribution in [2.45, 2.75) is 103 Å². The van der Waals surface area contributed by atoms with Gasteiger partial charge in [-0.3, -0.25) is 19.7 Å². The van der Waals surface area contributed by atoms with E-state index in [0.717, 1.165) is 57.1 Å². The van der Waals surface area contributed by atoms with Crippen LogP contribution < -0.4 is 4.90 Å². The molecule has 0 aliphatic carbocycles. The van der Waals surface area contributed by atoms with Crippen LogP contribution in [0.1, 0.15) is 103 Å². The number of nitrogens with zero attached hydrogens (tertiary/aromatic N) is 4. The van der Waals surface area contributed by atoms with Gasteiger partial charge in [-0.05, 0) is 74.9 Å². The zero-order valence-electron chi connectivity index (χ0n) is 27.2. The number of azo groups is 1. The van der Waals surface area contributed by atoms with E-state index >= 15 is 0 Å². The average Bonchev–Trinajstić information content (AvgIpc) is 3.06. The number of allylic oxidation sites excluding steroid dienone is 2. The van der Waals surface area contributed by atoms with Crippen molar-refractivity contribution >= 4 is 34.7 Å². The quantitative estimate of drug-likeness (QED) is 0.108. The number of ether oxygens (including phenoxy) is 2. The monoisotopic (exact) mass is 634 g/mol. The van der Waals surface area contributed by atoms with Gasteiger partial charge in [-0.1, -0.05) is 63.5 Å². The van der Waals surface area contributed by atoms with E-state index in [4.69, 9.17) is 9.47 Å². The molecule has 10 nitrogen and oxygen atoms in total. The summed E-state index contributed by atoms with van der Waals surface area (Å²) in [6.45, 7) is 1.40. The normalized spacial score (nSPS) is 19.1. The molecular weight excluding hydrogens is 584 g/mol. The molecule has 0 radical (unpaired) electrons. The highest BCUT2D eigenvalue weighted by molar-refractivity contribution is 5.69. The largest absolute Gasteiger partial charge is 0.464 e. The molecule has 0 spiro atoms. The second-order valence-electron chi connectivity index (χ2n) is 11.7. The summed E-state index contributed by atoms with van der Waals surface area (Å²) in [6, 6.07) is 13.3. The lowest BCUT2D eigenvalue weighted by molar-refractivity contribution is -0.384. The number of hydrogen-bond donors (Lipinski definition) is 0. The van der Waals surface area contributed by atoms with Gasteiger partial charge in [-0.2, -0.15) is 10.2 Å². The zero-order chi connectivity index (χ0) is 32.7. The molecule has 0 fully saturated rings. The van der Waals surface area contributed by atoms with Crippen LogP contribution in [0.3, 0.4) is 0 Å². The number of anilines is 1. The maximum Gasteiger partial charge on any atom is 0.305 e. The molecule has 3 rings (SSSR count). The summed E-state index contributed by atoms with van der Waals surface area (Å²) in [5.74, 6) is -0.369. The Morgan fingerprint density at radius 1 is 0.587 bits per heavy atom.